The number of carbonyl (C=O) groups excluding carboxylic acids is 1. The second-order valence-corrected chi connectivity index (χ2v) is 6.86. The van der Waals surface area contributed by atoms with Crippen molar-refractivity contribution in [3.63, 3.8) is 0 Å². The van der Waals surface area contributed by atoms with Gasteiger partial charge in [0.2, 0.25) is 0 Å². The van der Waals surface area contributed by atoms with Gasteiger partial charge in [-0.05, 0) is 46.2 Å². The zero-order valence-corrected chi connectivity index (χ0v) is 13.5. The molecule has 0 aliphatic rings. The Hall–Kier alpha value is -1.37. The van der Waals surface area contributed by atoms with Gasteiger partial charge in [0.05, 0.1) is 6.10 Å². The van der Waals surface area contributed by atoms with E-state index in [1.807, 2.05) is 22.9 Å². The number of thiophene rings is 2. The fourth-order valence-electron chi connectivity index (χ4n) is 1.95. The number of amides is 2. The minimum absolute atomic E-state index is 0.224. The number of aliphatic hydroxyl groups is 1. The van der Waals surface area contributed by atoms with Gasteiger partial charge in [-0.2, -0.15) is 11.3 Å². The summed E-state index contributed by atoms with van der Waals surface area (Å²) in [4.78, 5) is 13.0. The molecule has 0 aliphatic heterocycles. The lowest BCUT2D eigenvalue weighted by atomic mass is 10.1. The Kier molecular flexibility index (Phi) is 6.22. The molecule has 2 aromatic heterocycles. The molecule has 2 rings (SSSR count). The summed E-state index contributed by atoms with van der Waals surface area (Å²) in [5, 5.41) is 21.3. The monoisotopic (exact) mass is 324 g/mol. The fraction of sp³-hybridized carbons (Fsp3) is 0.400. The lowest BCUT2D eigenvalue weighted by Gasteiger charge is -2.14. The van der Waals surface area contributed by atoms with Crippen LogP contribution in [0.2, 0.25) is 0 Å². The van der Waals surface area contributed by atoms with Gasteiger partial charge in [0.15, 0.2) is 0 Å². The second-order valence-electron chi connectivity index (χ2n) is 5.05. The minimum atomic E-state index is -0.648. The average molecular weight is 324 g/mol. The Labute approximate surface area is 132 Å². The van der Waals surface area contributed by atoms with Crippen LogP contribution in [0.4, 0.5) is 4.79 Å². The Balaban J connectivity index is 1.63. The highest BCUT2D eigenvalue weighted by atomic mass is 32.1. The molecule has 2 heterocycles. The van der Waals surface area contributed by atoms with Crippen molar-refractivity contribution in [2.75, 3.05) is 13.1 Å². The minimum Gasteiger partial charge on any atom is -0.387 e. The third-order valence-corrected chi connectivity index (χ3v) is 4.72. The number of nitrogens with one attached hydrogen (secondary N) is 2. The van der Waals surface area contributed by atoms with Gasteiger partial charge in [-0.1, -0.05) is 13.0 Å². The van der Waals surface area contributed by atoms with E-state index in [9.17, 15) is 9.90 Å². The molecular formula is C15H20N2O2S2. The van der Waals surface area contributed by atoms with Gasteiger partial charge in [-0.25, -0.2) is 4.79 Å². The smallest absolute Gasteiger partial charge is 0.314 e. The topological polar surface area (TPSA) is 61.4 Å². The molecule has 3 N–H and O–H groups in total. The van der Waals surface area contributed by atoms with Crippen molar-refractivity contribution >= 4 is 28.7 Å². The van der Waals surface area contributed by atoms with Crippen LogP contribution in [0.3, 0.4) is 0 Å². The molecule has 0 saturated carbocycles. The Morgan fingerprint density at radius 3 is 2.76 bits per heavy atom. The molecule has 0 unspecified atom stereocenters. The van der Waals surface area contributed by atoms with E-state index in [2.05, 4.69) is 29.0 Å². The molecular weight excluding hydrogens is 304 g/mol. The molecule has 114 valence electrons. The van der Waals surface area contributed by atoms with E-state index in [-0.39, 0.29) is 12.6 Å². The summed E-state index contributed by atoms with van der Waals surface area (Å²) in [5.41, 5.74) is 0.839. The molecule has 2 amide bonds. The predicted octanol–water partition coefficient (Wildman–Crippen LogP) is 3.02. The highest BCUT2D eigenvalue weighted by Gasteiger charge is 2.11. The molecule has 0 bridgehead atoms. The molecule has 21 heavy (non-hydrogen) atoms. The third-order valence-electron chi connectivity index (χ3n) is 3.12. The van der Waals surface area contributed by atoms with E-state index >= 15 is 0 Å². The normalized spacial score (nSPS) is 13.6. The number of rotatable bonds is 7. The number of urea groups is 1. The first kappa shape index (κ1) is 16.0. The van der Waals surface area contributed by atoms with Crippen LogP contribution in [-0.2, 0) is 6.42 Å². The average Bonchev–Trinajstić information content (AvgIpc) is 3.15. The van der Waals surface area contributed by atoms with Crippen molar-refractivity contribution in [3.05, 3.63) is 44.8 Å². The standard InChI is InChI=1S/C15H20N2O2S2/c1-11(7-13-3-2-5-21-13)8-16-15(19)17-9-14(18)12-4-6-20-10-12/h2-6,10-11,14,18H,7-9H2,1H3,(H2,16,17,19)/t11-,14+/m0/s1. The van der Waals surface area contributed by atoms with E-state index in [0.29, 0.717) is 12.5 Å². The van der Waals surface area contributed by atoms with Crippen molar-refractivity contribution in [1.82, 2.24) is 10.6 Å². The van der Waals surface area contributed by atoms with Crippen LogP contribution >= 0.6 is 22.7 Å². The lowest BCUT2D eigenvalue weighted by molar-refractivity contribution is 0.173. The van der Waals surface area contributed by atoms with Crippen LogP contribution in [0.25, 0.3) is 0 Å². The molecule has 0 aromatic carbocycles. The van der Waals surface area contributed by atoms with Crippen LogP contribution in [0.1, 0.15) is 23.5 Å². The first-order valence-electron chi connectivity index (χ1n) is 6.89. The van der Waals surface area contributed by atoms with Gasteiger partial charge in [0.1, 0.15) is 0 Å². The van der Waals surface area contributed by atoms with Gasteiger partial charge in [0.25, 0.3) is 0 Å². The van der Waals surface area contributed by atoms with Crippen LogP contribution < -0.4 is 10.6 Å². The second kappa shape index (κ2) is 8.17. The van der Waals surface area contributed by atoms with Crippen LogP contribution in [0, 0.1) is 5.92 Å². The summed E-state index contributed by atoms with van der Waals surface area (Å²) >= 11 is 3.27. The van der Waals surface area contributed by atoms with Crippen molar-refractivity contribution in [1.29, 1.82) is 0 Å². The zero-order valence-electron chi connectivity index (χ0n) is 11.9. The molecule has 6 heteroatoms. The number of carbonyl (C=O) groups is 1. The van der Waals surface area contributed by atoms with Crippen molar-refractivity contribution < 1.29 is 9.90 Å². The van der Waals surface area contributed by atoms with Crippen molar-refractivity contribution in [2.24, 2.45) is 5.92 Å². The first-order valence-corrected chi connectivity index (χ1v) is 8.71. The molecule has 0 saturated heterocycles. The summed E-state index contributed by atoms with van der Waals surface area (Å²) in [7, 11) is 0. The van der Waals surface area contributed by atoms with Crippen LogP contribution in [0.15, 0.2) is 34.3 Å². The summed E-state index contributed by atoms with van der Waals surface area (Å²) in [5.74, 6) is 0.385. The van der Waals surface area contributed by atoms with Gasteiger partial charge >= 0.3 is 6.03 Å². The maximum absolute atomic E-state index is 11.7. The molecule has 2 aromatic rings. The highest BCUT2D eigenvalue weighted by molar-refractivity contribution is 7.09. The molecule has 2 atom stereocenters. The van der Waals surface area contributed by atoms with Crippen LogP contribution in [-0.4, -0.2) is 24.2 Å². The van der Waals surface area contributed by atoms with Gasteiger partial charge < -0.3 is 15.7 Å². The maximum atomic E-state index is 11.7. The Morgan fingerprint density at radius 2 is 2.10 bits per heavy atom. The van der Waals surface area contributed by atoms with Gasteiger partial charge in [0, 0.05) is 18.0 Å². The third kappa shape index (κ3) is 5.49. The number of aliphatic hydroxyl groups excluding tert-OH is 1. The highest BCUT2D eigenvalue weighted by Crippen LogP contribution is 2.15. The zero-order chi connectivity index (χ0) is 15.1. The first-order chi connectivity index (χ1) is 10.1. The predicted molar refractivity (Wildman–Crippen MR) is 87.9 cm³/mol. The summed E-state index contributed by atoms with van der Waals surface area (Å²) < 4.78 is 0. The molecule has 0 spiro atoms. The maximum Gasteiger partial charge on any atom is 0.314 e. The summed E-state index contributed by atoms with van der Waals surface area (Å²) in [6.45, 7) is 2.96. The van der Waals surface area contributed by atoms with Crippen LogP contribution in [0.5, 0.6) is 0 Å². The molecule has 0 aliphatic carbocycles. The SMILES string of the molecule is C[C@H](CNC(=O)NC[C@@H](O)c1ccsc1)Cc1cccs1. The van der Waals surface area contributed by atoms with Gasteiger partial charge in [-0.3, -0.25) is 0 Å². The van der Waals surface area contributed by atoms with Crippen molar-refractivity contribution in [3.8, 4) is 0 Å². The summed E-state index contributed by atoms with van der Waals surface area (Å²) in [6.07, 6.45) is 0.320. The molecule has 4 nitrogen and oxygen atoms in total. The van der Waals surface area contributed by atoms with E-state index in [1.165, 1.54) is 16.2 Å². The van der Waals surface area contributed by atoms with Crippen molar-refractivity contribution in [2.45, 2.75) is 19.4 Å². The van der Waals surface area contributed by atoms with E-state index in [1.54, 1.807) is 11.3 Å². The van der Waals surface area contributed by atoms with Gasteiger partial charge in [-0.15, -0.1) is 11.3 Å². The Bertz CT molecular complexity index is 526. The van der Waals surface area contributed by atoms with E-state index < -0.39 is 6.10 Å². The molecule has 0 radical (unpaired) electrons. The number of hydrogen-bond acceptors (Lipinski definition) is 4. The van der Waals surface area contributed by atoms with E-state index in [0.717, 1.165) is 12.0 Å². The number of hydrogen-bond donors (Lipinski definition) is 3. The Morgan fingerprint density at radius 1 is 1.29 bits per heavy atom. The summed E-state index contributed by atoms with van der Waals surface area (Å²) in [6, 6.07) is 5.78. The quantitative estimate of drug-likeness (QED) is 0.733. The fourth-order valence-corrected chi connectivity index (χ4v) is 3.52. The van der Waals surface area contributed by atoms with E-state index in [4.69, 9.17) is 0 Å². The lowest BCUT2D eigenvalue weighted by Crippen LogP contribution is -2.39. The largest absolute Gasteiger partial charge is 0.387 e. The molecule has 0 fully saturated rings.